The molecule has 0 unspecified atom stereocenters. The zero-order valence-electron chi connectivity index (χ0n) is 15.8. The van der Waals surface area contributed by atoms with Crippen LogP contribution in [0.4, 0.5) is 0 Å². The number of nitrogens with one attached hydrogen (secondary N) is 2. The van der Waals surface area contributed by atoms with Crippen LogP contribution in [-0.2, 0) is 14.3 Å². The van der Waals surface area contributed by atoms with Crippen molar-refractivity contribution in [2.45, 2.75) is 57.5 Å². The van der Waals surface area contributed by atoms with Crippen molar-refractivity contribution in [3.8, 4) is 0 Å². The van der Waals surface area contributed by atoms with E-state index in [0.717, 1.165) is 12.8 Å². The number of carbonyl (C=O) groups excluding carboxylic acids is 3. The van der Waals surface area contributed by atoms with Crippen LogP contribution >= 0.6 is 11.8 Å². The number of esters is 1. The molecule has 1 aromatic rings. The molecule has 1 aromatic carbocycles. The number of carbonyl (C=O) groups is 3. The highest BCUT2D eigenvalue weighted by atomic mass is 32.2. The van der Waals surface area contributed by atoms with Gasteiger partial charge in [0, 0.05) is 17.0 Å². The van der Waals surface area contributed by atoms with E-state index in [1.165, 1.54) is 11.8 Å². The van der Waals surface area contributed by atoms with Crippen LogP contribution in [-0.4, -0.2) is 42.2 Å². The van der Waals surface area contributed by atoms with Gasteiger partial charge < -0.3 is 15.4 Å². The first kappa shape index (κ1) is 22.0. The van der Waals surface area contributed by atoms with Crippen LogP contribution < -0.4 is 10.6 Å². The largest absolute Gasteiger partial charge is 0.452 e. The molecule has 144 valence electrons. The summed E-state index contributed by atoms with van der Waals surface area (Å²) in [5, 5.41) is 5.62. The fourth-order valence-electron chi connectivity index (χ4n) is 1.95. The molecule has 0 aliphatic heterocycles. The molecule has 6 nitrogen and oxygen atoms in total. The first-order valence-electron chi connectivity index (χ1n) is 8.85. The average Bonchev–Trinajstić information content (AvgIpc) is 2.64. The van der Waals surface area contributed by atoms with Crippen molar-refractivity contribution in [2.75, 3.05) is 12.4 Å². The minimum absolute atomic E-state index is 0.0352. The molecular weight excluding hydrogens is 352 g/mol. The van der Waals surface area contributed by atoms with Gasteiger partial charge in [-0.15, -0.1) is 11.8 Å². The van der Waals surface area contributed by atoms with Gasteiger partial charge in [0.05, 0.1) is 11.3 Å². The van der Waals surface area contributed by atoms with Crippen molar-refractivity contribution in [1.29, 1.82) is 0 Å². The summed E-state index contributed by atoms with van der Waals surface area (Å²) < 4.78 is 5.10. The van der Waals surface area contributed by atoms with Gasteiger partial charge in [-0.05, 0) is 38.8 Å². The molecule has 0 aliphatic carbocycles. The average molecular weight is 381 g/mol. The Morgan fingerprint density at radius 1 is 1.00 bits per heavy atom. The Morgan fingerprint density at radius 2 is 1.58 bits per heavy atom. The highest BCUT2D eigenvalue weighted by molar-refractivity contribution is 8.00. The third-order valence-corrected chi connectivity index (χ3v) is 4.91. The van der Waals surface area contributed by atoms with Gasteiger partial charge in [0.2, 0.25) is 5.91 Å². The Bertz CT molecular complexity index is 621. The molecule has 0 radical (unpaired) electrons. The lowest BCUT2D eigenvalue weighted by molar-refractivity contribution is -0.124. The molecule has 0 saturated heterocycles. The smallest absolute Gasteiger partial charge is 0.339 e. The van der Waals surface area contributed by atoms with Gasteiger partial charge in [0.1, 0.15) is 0 Å². The highest BCUT2D eigenvalue weighted by Crippen LogP contribution is 2.23. The topological polar surface area (TPSA) is 84.5 Å². The van der Waals surface area contributed by atoms with Gasteiger partial charge in [-0.3, -0.25) is 9.59 Å². The van der Waals surface area contributed by atoms with E-state index in [9.17, 15) is 14.4 Å². The Balaban J connectivity index is 2.60. The second kappa shape index (κ2) is 11.6. The normalized spacial score (nSPS) is 12.8. The zero-order valence-corrected chi connectivity index (χ0v) is 16.7. The maximum absolute atomic E-state index is 12.3. The van der Waals surface area contributed by atoms with E-state index in [1.54, 1.807) is 24.3 Å². The van der Waals surface area contributed by atoms with Crippen LogP contribution in [0.2, 0.25) is 0 Å². The van der Waals surface area contributed by atoms with Crippen molar-refractivity contribution in [2.24, 2.45) is 0 Å². The van der Waals surface area contributed by atoms with Crippen molar-refractivity contribution in [1.82, 2.24) is 10.6 Å². The molecule has 1 rings (SSSR count). The Morgan fingerprint density at radius 3 is 2.19 bits per heavy atom. The van der Waals surface area contributed by atoms with Crippen LogP contribution in [0, 0.1) is 0 Å². The van der Waals surface area contributed by atoms with E-state index in [2.05, 4.69) is 10.6 Å². The van der Waals surface area contributed by atoms with Crippen LogP contribution in [0.25, 0.3) is 0 Å². The van der Waals surface area contributed by atoms with E-state index < -0.39 is 5.97 Å². The third-order valence-electron chi connectivity index (χ3n) is 3.84. The van der Waals surface area contributed by atoms with E-state index in [4.69, 9.17) is 4.74 Å². The first-order chi connectivity index (χ1) is 12.4. The minimum atomic E-state index is -0.574. The molecule has 0 spiro atoms. The first-order valence-corrected chi connectivity index (χ1v) is 9.83. The molecule has 2 amide bonds. The fraction of sp³-hybridized carbons (Fsp3) is 0.526. The number of thioether (sulfide) groups is 1. The van der Waals surface area contributed by atoms with E-state index in [0.29, 0.717) is 10.5 Å². The van der Waals surface area contributed by atoms with Gasteiger partial charge >= 0.3 is 5.97 Å². The van der Waals surface area contributed by atoms with Crippen LogP contribution in [0.3, 0.4) is 0 Å². The molecule has 0 fully saturated rings. The fourth-order valence-corrected chi connectivity index (χ4v) is 2.80. The van der Waals surface area contributed by atoms with Gasteiger partial charge in [-0.1, -0.05) is 26.0 Å². The van der Waals surface area contributed by atoms with E-state index in [-0.39, 0.29) is 36.3 Å². The minimum Gasteiger partial charge on any atom is -0.452 e. The van der Waals surface area contributed by atoms with Crippen molar-refractivity contribution < 1.29 is 19.1 Å². The highest BCUT2D eigenvalue weighted by Gasteiger charge is 2.16. The van der Waals surface area contributed by atoms with Gasteiger partial charge in [-0.25, -0.2) is 4.79 Å². The van der Waals surface area contributed by atoms with Crippen LogP contribution in [0.5, 0.6) is 0 Å². The second-order valence-corrected chi connectivity index (χ2v) is 7.13. The second-order valence-electron chi connectivity index (χ2n) is 6.11. The molecule has 0 aliphatic rings. The van der Waals surface area contributed by atoms with Crippen molar-refractivity contribution in [3.05, 3.63) is 29.8 Å². The summed E-state index contributed by atoms with van der Waals surface area (Å²) in [6.45, 7) is 7.47. The van der Waals surface area contributed by atoms with Crippen molar-refractivity contribution in [3.63, 3.8) is 0 Å². The Labute approximate surface area is 159 Å². The predicted molar refractivity (Wildman–Crippen MR) is 103 cm³/mol. The summed E-state index contributed by atoms with van der Waals surface area (Å²) >= 11 is 1.27. The molecule has 0 heterocycles. The van der Waals surface area contributed by atoms with Gasteiger partial charge in [0.15, 0.2) is 6.61 Å². The molecule has 0 aromatic heterocycles. The number of hydrogen-bond acceptors (Lipinski definition) is 5. The summed E-state index contributed by atoms with van der Waals surface area (Å²) in [7, 11) is 0. The zero-order chi connectivity index (χ0) is 19.5. The number of benzene rings is 1. The van der Waals surface area contributed by atoms with E-state index >= 15 is 0 Å². The number of rotatable bonds is 10. The summed E-state index contributed by atoms with van der Waals surface area (Å²) in [5.41, 5.74) is 0.352. The van der Waals surface area contributed by atoms with Crippen LogP contribution in [0.15, 0.2) is 29.2 Å². The standard InChI is InChI=1S/C19H28N2O4S/c1-5-13(3)20-17(22)11-25-19(24)15-9-7-8-10-16(15)26-12-18(23)21-14(4)6-2/h7-10,13-14H,5-6,11-12H2,1-4H3,(H,20,22)(H,21,23)/t13-,14-/m1/s1. The number of hydrogen-bond donors (Lipinski definition) is 2. The van der Waals surface area contributed by atoms with E-state index in [1.807, 2.05) is 27.7 Å². The van der Waals surface area contributed by atoms with Crippen molar-refractivity contribution >= 4 is 29.5 Å². The Hall–Kier alpha value is -2.02. The Kier molecular flexibility index (Phi) is 9.80. The molecule has 2 N–H and O–H groups in total. The summed E-state index contributed by atoms with van der Waals surface area (Å²) in [4.78, 5) is 36.6. The molecule has 7 heteroatoms. The molecule has 26 heavy (non-hydrogen) atoms. The predicted octanol–water partition coefficient (Wildman–Crippen LogP) is 2.76. The lowest BCUT2D eigenvalue weighted by Gasteiger charge is -2.13. The SMILES string of the molecule is CC[C@@H](C)NC(=O)COC(=O)c1ccccc1SCC(=O)N[C@H](C)CC. The molecular formula is C19H28N2O4S. The monoisotopic (exact) mass is 380 g/mol. The third kappa shape index (κ3) is 7.91. The maximum atomic E-state index is 12.3. The van der Waals surface area contributed by atoms with Gasteiger partial charge in [0.25, 0.3) is 5.91 Å². The lowest BCUT2D eigenvalue weighted by Crippen LogP contribution is -2.35. The quantitative estimate of drug-likeness (QED) is 0.482. The molecule has 0 bridgehead atoms. The van der Waals surface area contributed by atoms with Gasteiger partial charge in [-0.2, -0.15) is 0 Å². The summed E-state index contributed by atoms with van der Waals surface area (Å²) in [6, 6.07) is 7.06. The lowest BCUT2D eigenvalue weighted by atomic mass is 10.2. The number of amides is 2. The maximum Gasteiger partial charge on any atom is 0.339 e. The summed E-state index contributed by atoms with van der Waals surface area (Å²) in [6.07, 6.45) is 1.66. The summed E-state index contributed by atoms with van der Waals surface area (Å²) in [5.74, 6) is -0.774. The van der Waals surface area contributed by atoms with Crippen LogP contribution in [0.1, 0.15) is 50.9 Å². The number of ether oxygens (including phenoxy) is 1. The molecule has 2 atom stereocenters. The molecule has 0 saturated carbocycles.